The average molecular weight is 153 g/mol. The lowest BCUT2D eigenvalue weighted by atomic mass is 10.2. The zero-order valence-corrected chi connectivity index (χ0v) is 7.03. The molecule has 0 aliphatic carbocycles. The third-order valence-electron chi connectivity index (χ3n) is 1.01. The summed E-state index contributed by atoms with van der Waals surface area (Å²) in [6, 6.07) is 2.16. The maximum Gasteiger partial charge on any atom is 0.121 e. The molecule has 1 N–H and O–H groups in total. The van der Waals surface area contributed by atoms with Gasteiger partial charge in [0, 0.05) is 6.04 Å². The number of nitrogens with one attached hydrogen (secondary N) is 1. The van der Waals surface area contributed by atoms with Gasteiger partial charge in [-0.1, -0.05) is 12.0 Å². The molecule has 0 aromatic carbocycles. The van der Waals surface area contributed by atoms with E-state index in [9.17, 15) is 4.39 Å². The van der Waals surface area contributed by atoms with Crippen LogP contribution in [0.15, 0.2) is 23.2 Å². The topological polar surface area (TPSA) is 12.0 Å². The highest BCUT2D eigenvalue weighted by atomic mass is 19.1. The van der Waals surface area contributed by atoms with Crippen molar-refractivity contribution in [2.24, 2.45) is 0 Å². The van der Waals surface area contributed by atoms with Gasteiger partial charge < -0.3 is 5.32 Å². The molecular weight excluding hydrogens is 141 g/mol. The molecule has 0 bridgehead atoms. The highest BCUT2D eigenvalue weighted by Gasteiger charge is 1.95. The Hall–Kier alpha value is -1.23. The molecule has 0 aliphatic heterocycles. The third-order valence-corrected chi connectivity index (χ3v) is 1.01. The first kappa shape index (κ1) is 9.77. The molecule has 0 aromatic heterocycles. The zero-order valence-electron chi connectivity index (χ0n) is 7.03. The molecule has 0 amide bonds. The fourth-order valence-corrected chi connectivity index (χ4v) is 0.588. The summed E-state index contributed by atoms with van der Waals surface area (Å²) in [6.07, 6.45) is 6.61. The van der Waals surface area contributed by atoms with Crippen molar-refractivity contribution < 1.29 is 4.39 Å². The smallest absolute Gasteiger partial charge is 0.121 e. The second kappa shape index (κ2) is 4.56. The van der Waals surface area contributed by atoms with Gasteiger partial charge in [0.25, 0.3) is 0 Å². The largest absolute Gasteiger partial charge is 0.313 e. The van der Waals surface area contributed by atoms with Crippen molar-refractivity contribution in [3.63, 3.8) is 0 Å². The molecule has 0 heterocycles. The van der Waals surface area contributed by atoms with Crippen LogP contribution in [0.2, 0.25) is 0 Å². The van der Waals surface area contributed by atoms with Gasteiger partial charge in [0.2, 0.25) is 0 Å². The van der Waals surface area contributed by atoms with E-state index in [1.807, 2.05) is 13.8 Å². The quantitative estimate of drug-likeness (QED) is 0.365. The Balaban J connectivity index is 4.54. The fraction of sp³-hybridized carbons (Fsp3) is 0.333. The van der Waals surface area contributed by atoms with Crippen LogP contribution in [-0.4, -0.2) is 0 Å². The lowest BCUT2D eigenvalue weighted by Crippen LogP contribution is -2.04. The molecule has 0 unspecified atom stereocenters. The minimum absolute atomic E-state index is 0.302. The Bertz CT molecular complexity index is 222. The standard InChI is InChI=1S/C9H12FN/c1-5-11-9(8(4)10)6-7(2)3/h1,6,11H,2-4H3/b9-8-. The summed E-state index contributed by atoms with van der Waals surface area (Å²) in [7, 11) is 0. The summed E-state index contributed by atoms with van der Waals surface area (Å²) >= 11 is 0. The van der Waals surface area contributed by atoms with Gasteiger partial charge in [-0.3, -0.25) is 0 Å². The first-order valence-corrected chi connectivity index (χ1v) is 3.31. The average Bonchev–Trinajstić information content (AvgIpc) is 1.86. The van der Waals surface area contributed by atoms with Crippen LogP contribution in [0, 0.1) is 12.5 Å². The SMILES string of the molecule is C#CN/C(C=C(C)C)=C(/C)F. The number of halogens is 1. The van der Waals surface area contributed by atoms with Gasteiger partial charge in [-0.15, -0.1) is 0 Å². The fourth-order valence-electron chi connectivity index (χ4n) is 0.588. The summed E-state index contributed by atoms with van der Waals surface area (Å²) in [5, 5.41) is 2.47. The van der Waals surface area contributed by atoms with Gasteiger partial charge in [-0.2, -0.15) is 0 Å². The lowest BCUT2D eigenvalue weighted by molar-refractivity contribution is 0.624. The van der Waals surface area contributed by atoms with E-state index in [1.165, 1.54) is 6.92 Å². The van der Waals surface area contributed by atoms with Gasteiger partial charge in [-0.05, 0) is 26.8 Å². The minimum Gasteiger partial charge on any atom is -0.313 e. The predicted octanol–water partition coefficient (Wildman–Crippen LogP) is 2.33. The highest BCUT2D eigenvalue weighted by molar-refractivity contribution is 5.24. The van der Waals surface area contributed by atoms with Gasteiger partial charge in [0.1, 0.15) is 5.83 Å². The molecule has 0 saturated carbocycles. The molecule has 0 aromatic rings. The van der Waals surface area contributed by atoms with Crippen LogP contribution in [0.4, 0.5) is 4.39 Å². The number of rotatable bonds is 2. The molecule has 0 radical (unpaired) electrons. The molecular formula is C9H12FN. The van der Waals surface area contributed by atoms with Crippen molar-refractivity contribution in [1.82, 2.24) is 5.32 Å². The first-order valence-electron chi connectivity index (χ1n) is 3.31. The van der Waals surface area contributed by atoms with Crippen LogP contribution in [0.5, 0.6) is 0 Å². The van der Waals surface area contributed by atoms with E-state index in [0.29, 0.717) is 5.70 Å². The highest BCUT2D eigenvalue weighted by Crippen LogP contribution is 2.05. The van der Waals surface area contributed by atoms with Crippen molar-refractivity contribution in [3.8, 4) is 12.5 Å². The van der Waals surface area contributed by atoms with Gasteiger partial charge in [0.15, 0.2) is 0 Å². The van der Waals surface area contributed by atoms with Gasteiger partial charge in [0.05, 0.1) is 5.70 Å². The first-order chi connectivity index (χ1) is 5.07. The molecule has 0 saturated heterocycles. The zero-order chi connectivity index (χ0) is 8.85. The summed E-state index contributed by atoms with van der Waals surface area (Å²) < 4.78 is 12.6. The Morgan fingerprint density at radius 2 is 2.00 bits per heavy atom. The van der Waals surface area contributed by atoms with Crippen LogP contribution >= 0.6 is 0 Å². The second-order valence-corrected chi connectivity index (χ2v) is 2.44. The molecule has 60 valence electrons. The maximum absolute atomic E-state index is 12.6. The number of terminal acetylenes is 1. The Kier molecular flexibility index (Phi) is 4.05. The molecule has 11 heavy (non-hydrogen) atoms. The van der Waals surface area contributed by atoms with Gasteiger partial charge in [-0.25, -0.2) is 4.39 Å². The molecule has 0 spiro atoms. The predicted molar refractivity (Wildman–Crippen MR) is 45.2 cm³/mol. The van der Waals surface area contributed by atoms with E-state index in [2.05, 4.69) is 11.4 Å². The molecule has 0 fully saturated rings. The molecule has 0 rings (SSSR count). The maximum atomic E-state index is 12.6. The van der Waals surface area contributed by atoms with E-state index in [-0.39, 0.29) is 5.83 Å². The van der Waals surface area contributed by atoms with Crippen molar-refractivity contribution in [3.05, 3.63) is 23.2 Å². The van der Waals surface area contributed by atoms with E-state index in [4.69, 9.17) is 6.42 Å². The summed E-state index contributed by atoms with van der Waals surface area (Å²) in [4.78, 5) is 0. The van der Waals surface area contributed by atoms with Crippen LogP contribution in [0.1, 0.15) is 20.8 Å². The van der Waals surface area contributed by atoms with E-state index >= 15 is 0 Å². The number of hydrogen-bond acceptors (Lipinski definition) is 1. The number of allylic oxidation sites excluding steroid dienone is 3. The number of hydrogen-bond donors (Lipinski definition) is 1. The molecule has 0 aliphatic rings. The van der Waals surface area contributed by atoms with Crippen molar-refractivity contribution in [2.45, 2.75) is 20.8 Å². The monoisotopic (exact) mass is 153 g/mol. The van der Waals surface area contributed by atoms with Crippen LogP contribution in [0.25, 0.3) is 0 Å². The molecule has 2 heteroatoms. The van der Waals surface area contributed by atoms with Crippen LogP contribution < -0.4 is 5.32 Å². The second-order valence-electron chi connectivity index (χ2n) is 2.44. The summed E-state index contributed by atoms with van der Waals surface area (Å²) in [6.45, 7) is 5.11. The van der Waals surface area contributed by atoms with Gasteiger partial charge >= 0.3 is 0 Å². The Morgan fingerprint density at radius 1 is 1.45 bits per heavy atom. The van der Waals surface area contributed by atoms with E-state index in [1.54, 1.807) is 6.08 Å². The third kappa shape index (κ3) is 4.21. The normalized spacial score (nSPS) is 11.2. The van der Waals surface area contributed by atoms with Crippen molar-refractivity contribution in [2.75, 3.05) is 0 Å². The molecule has 1 nitrogen and oxygen atoms in total. The van der Waals surface area contributed by atoms with Crippen molar-refractivity contribution >= 4 is 0 Å². The van der Waals surface area contributed by atoms with Crippen LogP contribution in [-0.2, 0) is 0 Å². The summed E-state index contributed by atoms with van der Waals surface area (Å²) in [5.41, 5.74) is 1.35. The molecule has 0 atom stereocenters. The van der Waals surface area contributed by atoms with E-state index in [0.717, 1.165) is 5.57 Å². The van der Waals surface area contributed by atoms with E-state index < -0.39 is 0 Å². The minimum atomic E-state index is -0.302. The van der Waals surface area contributed by atoms with Crippen LogP contribution in [0.3, 0.4) is 0 Å². The van der Waals surface area contributed by atoms with Crippen molar-refractivity contribution in [1.29, 1.82) is 0 Å². The summed E-state index contributed by atoms with van der Waals surface area (Å²) in [5.74, 6) is -0.302. The lowest BCUT2D eigenvalue weighted by Gasteiger charge is -1.99. The Morgan fingerprint density at radius 3 is 2.27 bits per heavy atom. The Labute approximate surface area is 67.0 Å².